The Labute approximate surface area is 117 Å². The van der Waals surface area contributed by atoms with E-state index in [0.29, 0.717) is 12.0 Å². The third-order valence-electron chi connectivity index (χ3n) is 3.52. The Kier molecular flexibility index (Phi) is 6.60. The van der Waals surface area contributed by atoms with E-state index in [0.717, 1.165) is 36.8 Å². The number of aromatic nitrogens is 2. The molecule has 0 aliphatic carbocycles. The predicted octanol–water partition coefficient (Wildman–Crippen LogP) is 3.71. The Balaban J connectivity index is 2.81. The van der Waals surface area contributed by atoms with Crippen LogP contribution in [-0.4, -0.2) is 22.6 Å². The summed E-state index contributed by atoms with van der Waals surface area (Å²) in [5.74, 6) is 3.37. The molecule has 0 spiro atoms. The van der Waals surface area contributed by atoms with Gasteiger partial charge >= 0.3 is 0 Å². The van der Waals surface area contributed by atoms with Crippen LogP contribution in [0.15, 0.2) is 6.07 Å². The van der Waals surface area contributed by atoms with Crippen molar-refractivity contribution < 1.29 is 0 Å². The minimum absolute atomic E-state index is 0.420. The molecule has 0 aromatic carbocycles. The summed E-state index contributed by atoms with van der Waals surface area (Å²) >= 11 is 0. The third-order valence-corrected chi connectivity index (χ3v) is 3.52. The molecule has 1 aromatic heterocycles. The summed E-state index contributed by atoms with van der Waals surface area (Å²) in [6.45, 7) is 11.9. The van der Waals surface area contributed by atoms with Crippen molar-refractivity contribution >= 4 is 11.6 Å². The summed E-state index contributed by atoms with van der Waals surface area (Å²) in [7, 11) is 0. The highest BCUT2D eigenvalue weighted by Gasteiger charge is 2.11. The molecule has 0 saturated carbocycles. The second kappa shape index (κ2) is 7.97. The topological polar surface area (TPSA) is 49.8 Å². The van der Waals surface area contributed by atoms with E-state index >= 15 is 0 Å². The van der Waals surface area contributed by atoms with E-state index in [1.54, 1.807) is 0 Å². The van der Waals surface area contributed by atoms with Gasteiger partial charge in [0.25, 0.3) is 0 Å². The molecule has 1 aromatic rings. The average molecular weight is 264 g/mol. The maximum Gasteiger partial charge on any atom is 0.132 e. The molecule has 0 aliphatic rings. The van der Waals surface area contributed by atoms with Gasteiger partial charge in [0.05, 0.1) is 0 Å². The Bertz CT molecular complexity index is 378. The Morgan fingerprint density at radius 1 is 1.11 bits per heavy atom. The summed E-state index contributed by atoms with van der Waals surface area (Å²) in [5.41, 5.74) is 0. The van der Waals surface area contributed by atoms with Crippen LogP contribution in [0.2, 0.25) is 0 Å². The van der Waals surface area contributed by atoms with E-state index in [9.17, 15) is 0 Å². The zero-order valence-corrected chi connectivity index (χ0v) is 13.0. The highest BCUT2D eigenvalue weighted by atomic mass is 15.1. The van der Waals surface area contributed by atoms with Gasteiger partial charge in [-0.15, -0.1) is 0 Å². The Morgan fingerprint density at radius 2 is 1.79 bits per heavy atom. The van der Waals surface area contributed by atoms with E-state index in [1.807, 2.05) is 6.07 Å². The van der Waals surface area contributed by atoms with Crippen molar-refractivity contribution in [3.05, 3.63) is 11.9 Å². The lowest BCUT2D eigenvalue weighted by molar-refractivity contribution is 0.493. The van der Waals surface area contributed by atoms with Gasteiger partial charge in [-0.1, -0.05) is 34.1 Å². The summed E-state index contributed by atoms with van der Waals surface area (Å²) in [6.07, 6.45) is 3.12. The van der Waals surface area contributed by atoms with Gasteiger partial charge in [-0.2, -0.15) is 0 Å². The predicted molar refractivity (Wildman–Crippen MR) is 82.7 cm³/mol. The standard InChI is InChI=1S/C15H28N4/c1-6-9-16-14-10-15(19-13(8-3)18-14)17-12(5)11(4)7-2/h10-12H,6-9H2,1-5H3,(H2,16,17,18,19). The lowest BCUT2D eigenvalue weighted by Crippen LogP contribution is -2.24. The van der Waals surface area contributed by atoms with Crippen molar-refractivity contribution in [2.24, 2.45) is 5.92 Å². The Hall–Kier alpha value is -1.32. The molecule has 0 aliphatic heterocycles. The molecule has 0 amide bonds. The first-order valence-corrected chi connectivity index (χ1v) is 7.49. The van der Waals surface area contributed by atoms with Crippen molar-refractivity contribution in [3.63, 3.8) is 0 Å². The number of nitrogens with one attached hydrogen (secondary N) is 2. The normalized spacial score (nSPS) is 13.9. The maximum atomic E-state index is 4.55. The zero-order valence-electron chi connectivity index (χ0n) is 13.0. The number of nitrogens with zero attached hydrogens (tertiary/aromatic N) is 2. The molecule has 2 N–H and O–H groups in total. The van der Waals surface area contributed by atoms with Crippen LogP contribution in [0.5, 0.6) is 0 Å². The van der Waals surface area contributed by atoms with E-state index in [2.05, 4.69) is 55.2 Å². The first kappa shape index (κ1) is 15.7. The molecule has 0 saturated heterocycles. The van der Waals surface area contributed by atoms with E-state index in [-0.39, 0.29) is 0 Å². The summed E-state index contributed by atoms with van der Waals surface area (Å²) in [6, 6.07) is 2.43. The molecule has 2 unspecified atom stereocenters. The molecule has 0 bridgehead atoms. The Morgan fingerprint density at radius 3 is 2.37 bits per heavy atom. The van der Waals surface area contributed by atoms with Gasteiger partial charge in [0.15, 0.2) is 0 Å². The molecule has 1 heterocycles. The molecule has 19 heavy (non-hydrogen) atoms. The van der Waals surface area contributed by atoms with Crippen LogP contribution in [0.4, 0.5) is 11.6 Å². The molecule has 108 valence electrons. The third kappa shape index (κ3) is 5.05. The number of anilines is 2. The van der Waals surface area contributed by atoms with Crippen LogP contribution in [0, 0.1) is 5.92 Å². The molecule has 0 radical (unpaired) electrons. The van der Waals surface area contributed by atoms with Crippen molar-refractivity contribution in [1.29, 1.82) is 0 Å². The minimum Gasteiger partial charge on any atom is -0.370 e. The monoisotopic (exact) mass is 264 g/mol. The molecule has 4 heteroatoms. The molecule has 2 atom stereocenters. The van der Waals surface area contributed by atoms with Crippen molar-refractivity contribution in [1.82, 2.24) is 9.97 Å². The summed E-state index contributed by atoms with van der Waals surface area (Å²) in [5, 5.41) is 6.83. The summed E-state index contributed by atoms with van der Waals surface area (Å²) < 4.78 is 0. The maximum absolute atomic E-state index is 4.55. The smallest absolute Gasteiger partial charge is 0.132 e. The fraction of sp³-hybridized carbons (Fsp3) is 0.733. The van der Waals surface area contributed by atoms with Gasteiger partial charge in [0.2, 0.25) is 0 Å². The van der Waals surface area contributed by atoms with Gasteiger partial charge in [0, 0.05) is 25.1 Å². The van der Waals surface area contributed by atoms with E-state index in [1.165, 1.54) is 6.42 Å². The van der Waals surface area contributed by atoms with Crippen molar-refractivity contribution in [3.8, 4) is 0 Å². The number of aryl methyl sites for hydroxylation is 1. The van der Waals surface area contributed by atoms with E-state index < -0.39 is 0 Å². The molecule has 0 fully saturated rings. The fourth-order valence-electron chi connectivity index (χ4n) is 1.80. The average Bonchev–Trinajstić information content (AvgIpc) is 2.43. The highest BCUT2D eigenvalue weighted by molar-refractivity contribution is 5.48. The second-order valence-electron chi connectivity index (χ2n) is 5.15. The molecular weight excluding hydrogens is 236 g/mol. The van der Waals surface area contributed by atoms with Crippen LogP contribution < -0.4 is 10.6 Å². The largest absolute Gasteiger partial charge is 0.370 e. The lowest BCUT2D eigenvalue weighted by Gasteiger charge is -2.21. The van der Waals surface area contributed by atoms with Gasteiger partial charge in [-0.05, 0) is 19.3 Å². The van der Waals surface area contributed by atoms with Gasteiger partial charge in [-0.3, -0.25) is 0 Å². The van der Waals surface area contributed by atoms with Crippen LogP contribution >= 0.6 is 0 Å². The van der Waals surface area contributed by atoms with Crippen LogP contribution in [0.1, 0.15) is 53.3 Å². The molecule has 1 rings (SSSR count). The van der Waals surface area contributed by atoms with Crippen molar-refractivity contribution in [2.45, 2.75) is 59.9 Å². The zero-order chi connectivity index (χ0) is 14.3. The van der Waals surface area contributed by atoms with Crippen molar-refractivity contribution in [2.75, 3.05) is 17.2 Å². The minimum atomic E-state index is 0.420. The number of rotatable bonds is 8. The highest BCUT2D eigenvalue weighted by Crippen LogP contribution is 2.16. The van der Waals surface area contributed by atoms with Gasteiger partial charge in [0.1, 0.15) is 17.5 Å². The SMILES string of the molecule is CCCNc1cc(NC(C)C(C)CC)nc(CC)n1. The van der Waals surface area contributed by atoms with Crippen LogP contribution in [0.3, 0.4) is 0 Å². The second-order valence-corrected chi connectivity index (χ2v) is 5.15. The summed E-state index contributed by atoms with van der Waals surface area (Å²) in [4.78, 5) is 9.05. The quantitative estimate of drug-likeness (QED) is 0.751. The van der Waals surface area contributed by atoms with Gasteiger partial charge in [-0.25, -0.2) is 9.97 Å². The first-order chi connectivity index (χ1) is 9.10. The van der Waals surface area contributed by atoms with E-state index in [4.69, 9.17) is 0 Å². The molecular formula is C15H28N4. The number of hydrogen-bond acceptors (Lipinski definition) is 4. The van der Waals surface area contributed by atoms with Crippen LogP contribution in [0.25, 0.3) is 0 Å². The fourth-order valence-corrected chi connectivity index (χ4v) is 1.80. The van der Waals surface area contributed by atoms with Gasteiger partial charge < -0.3 is 10.6 Å². The molecule has 4 nitrogen and oxygen atoms in total. The van der Waals surface area contributed by atoms with Crippen LogP contribution in [-0.2, 0) is 6.42 Å². The first-order valence-electron chi connectivity index (χ1n) is 7.49. The number of hydrogen-bond donors (Lipinski definition) is 2. The lowest BCUT2D eigenvalue weighted by atomic mass is 10.0.